The average Bonchev–Trinajstić information content (AvgIpc) is 2.84. The second kappa shape index (κ2) is 11.3. The van der Waals surface area contributed by atoms with Crippen LogP contribution in [0.15, 0.2) is 41.9 Å². The number of urea groups is 1. The molecule has 1 fully saturated rings. The molecule has 4 rings (SSSR count). The number of amides is 2. The van der Waals surface area contributed by atoms with Crippen LogP contribution < -0.4 is 21.4 Å². The van der Waals surface area contributed by atoms with Gasteiger partial charge in [-0.1, -0.05) is 6.07 Å². The molecule has 0 bridgehead atoms. The van der Waals surface area contributed by atoms with Crippen LogP contribution >= 0.6 is 11.6 Å². The number of hydrogen-bond donors (Lipinski definition) is 3. The van der Waals surface area contributed by atoms with Gasteiger partial charge in [-0.2, -0.15) is 5.90 Å². The smallest absolute Gasteiger partial charge is 0.321 e. The molecule has 3 aliphatic rings. The number of nitrogens with two attached hydrogens (primary N) is 1. The lowest BCUT2D eigenvalue weighted by atomic mass is 9.87. The number of nitrogens with zero attached hydrogens (tertiary/aromatic N) is 2. The van der Waals surface area contributed by atoms with Crippen molar-refractivity contribution < 1.29 is 14.0 Å². The Balaban J connectivity index is 1.44. The highest BCUT2D eigenvalue weighted by Gasteiger charge is 2.29. The highest BCUT2D eigenvalue weighted by Crippen LogP contribution is 2.29. The molecule has 9 heteroatoms. The second-order valence-corrected chi connectivity index (χ2v) is 9.46. The van der Waals surface area contributed by atoms with Gasteiger partial charge in [-0.15, -0.1) is 11.6 Å². The van der Waals surface area contributed by atoms with Gasteiger partial charge in [-0.05, 0) is 67.6 Å². The van der Waals surface area contributed by atoms with E-state index in [1.54, 1.807) is 6.08 Å². The molecule has 1 saturated heterocycles. The predicted octanol–water partition coefficient (Wildman–Crippen LogP) is 2.85. The van der Waals surface area contributed by atoms with Crippen LogP contribution in [0.5, 0.6) is 5.75 Å². The molecule has 7 nitrogen and oxygen atoms in total. The molecule has 0 spiro atoms. The van der Waals surface area contributed by atoms with E-state index in [9.17, 15) is 9.18 Å². The monoisotopic (exact) mass is 477 g/mol. The lowest BCUT2D eigenvalue weighted by molar-refractivity contribution is 0.160. The van der Waals surface area contributed by atoms with Gasteiger partial charge in [0.2, 0.25) is 0 Å². The van der Waals surface area contributed by atoms with Crippen LogP contribution in [0.2, 0.25) is 0 Å². The Kier molecular flexibility index (Phi) is 8.25. The standard InChI is InChI=1S/C24H33ClFN5O2/c25-22-16-19(4-7-23(22)26)29-24(32)31(11-1-10-30-12-8-28-9-13-30)20-5-2-18-15-21(33-27)6-3-17(18)14-20/h3-4,6-7,15,20,22,28H,1-2,5,8-14,16,27H2,(H,29,32). The fourth-order valence-electron chi connectivity index (χ4n) is 4.85. The number of piperazine rings is 1. The normalized spacial score (nSPS) is 23.2. The van der Waals surface area contributed by atoms with E-state index in [-0.39, 0.29) is 24.3 Å². The van der Waals surface area contributed by atoms with Crippen LogP contribution in [0.25, 0.3) is 0 Å². The molecule has 1 aliphatic heterocycles. The van der Waals surface area contributed by atoms with Crippen molar-refractivity contribution in [2.24, 2.45) is 5.90 Å². The van der Waals surface area contributed by atoms with Crippen molar-refractivity contribution in [1.29, 1.82) is 0 Å². The average molecular weight is 478 g/mol. The minimum atomic E-state index is -0.730. The van der Waals surface area contributed by atoms with Crippen molar-refractivity contribution in [1.82, 2.24) is 20.4 Å². The number of fused-ring (bicyclic) bond motifs is 1. The number of benzene rings is 1. The van der Waals surface area contributed by atoms with Crippen LogP contribution in [0.1, 0.15) is 30.4 Å². The first-order valence-corrected chi connectivity index (χ1v) is 12.2. The maximum atomic E-state index is 13.6. The third kappa shape index (κ3) is 6.26. The summed E-state index contributed by atoms with van der Waals surface area (Å²) in [5.74, 6) is 5.59. The van der Waals surface area contributed by atoms with E-state index in [1.807, 2.05) is 23.1 Å². The largest absolute Gasteiger partial charge is 0.412 e. The molecule has 2 amide bonds. The zero-order valence-electron chi connectivity index (χ0n) is 18.9. The lowest BCUT2D eigenvalue weighted by Crippen LogP contribution is -2.50. The quantitative estimate of drug-likeness (QED) is 0.415. The molecular formula is C24H33ClFN5O2. The Morgan fingerprint density at radius 2 is 2.09 bits per heavy atom. The fourth-order valence-corrected chi connectivity index (χ4v) is 5.08. The number of carbonyl (C=O) groups excluding carboxylic acids is 1. The van der Waals surface area contributed by atoms with Crippen LogP contribution in [0.3, 0.4) is 0 Å². The Morgan fingerprint density at radius 3 is 2.85 bits per heavy atom. The van der Waals surface area contributed by atoms with E-state index in [4.69, 9.17) is 22.3 Å². The van der Waals surface area contributed by atoms with Gasteiger partial charge in [-0.3, -0.25) is 0 Å². The van der Waals surface area contributed by atoms with Gasteiger partial charge in [0, 0.05) is 50.9 Å². The number of hydrogen-bond acceptors (Lipinski definition) is 5. The molecule has 33 heavy (non-hydrogen) atoms. The maximum absolute atomic E-state index is 13.6. The molecule has 2 unspecified atom stereocenters. The van der Waals surface area contributed by atoms with Gasteiger partial charge in [0.05, 0.1) is 5.38 Å². The van der Waals surface area contributed by atoms with Crippen molar-refractivity contribution in [3.8, 4) is 5.75 Å². The minimum Gasteiger partial charge on any atom is -0.412 e. The Labute approximate surface area is 199 Å². The van der Waals surface area contributed by atoms with Gasteiger partial charge < -0.3 is 25.3 Å². The van der Waals surface area contributed by atoms with Crippen LogP contribution in [0, 0.1) is 0 Å². The van der Waals surface area contributed by atoms with Gasteiger partial charge >= 0.3 is 6.03 Å². The van der Waals surface area contributed by atoms with Gasteiger partial charge in [0.1, 0.15) is 11.6 Å². The number of halogens is 2. The Bertz CT molecular complexity index is 903. The number of allylic oxidation sites excluding steroid dienone is 4. The van der Waals surface area contributed by atoms with Crippen LogP contribution in [-0.4, -0.2) is 66.5 Å². The molecular weight excluding hydrogens is 445 g/mol. The molecule has 0 radical (unpaired) electrons. The van der Waals surface area contributed by atoms with E-state index in [0.29, 0.717) is 18.0 Å². The molecule has 1 heterocycles. The number of carbonyl (C=O) groups is 1. The molecule has 2 atom stereocenters. The summed E-state index contributed by atoms with van der Waals surface area (Å²) in [4.78, 5) is 22.6. The Hall–Kier alpha value is -2.13. The van der Waals surface area contributed by atoms with Gasteiger partial charge in [0.25, 0.3) is 0 Å². The highest BCUT2D eigenvalue weighted by molar-refractivity contribution is 6.22. The van der Waals surface area contributed by atoms with E-state index in [2.05, 4.69) is 15.5 Å². The molecule has 0 aromatic heterocycles. The van der Waals surface area contributed by atoms with E-state index < -0.39 is 5.38 Å². The SMILES string of the molecule is NOc1ccc2c(c1)CCC(N(CCCN1CCNCC1)C(=O)NC1=CC=C(F)C(Cl)C1)C2. The summed E-state index contributed by atoms with van der Waals surface area (Å²) >= 11 is 6.05. The van der Waals surface area contributed by atoms with E-state index in [0.717, 1.165) is 58.4 Å². The fraction of sp³-hybridized carbons (Fsp3) is 0.542. The molecule has 0 saturated carbocycles. The summed E-state index contributed by atoms with van der Waals surface area (Å²) in [5, 5.41) is 5.63. The Morgan fingerprint density at radius 1 is 1.27 bits per heavy atom. The first-order chi connectivity index (χ1) is 16.0. The summed E-state index contributed by atoms with van der Waals surface area (Å²) in [6.07, 6.45) is 6.64. The van der Waals surface area contributed by atoms with Crippen LogP contribution in [0.4, 0.5) is 9.18 Å². The van der Waals surface area contributed by atoms with E-state index in [1.165, 1.54) is 17.2 Å². The second-order valence-electron chi connectivity index (χ2n) is 8.93. The summed E-state index contributed by atoms with van der Waals surface area (Å²) < 4.78 is 13.6. The molecule has 1 aromatic rings. The molecule has 2 aliphatic carbocycles. The molecule has 180 valence electrons. The predicted molar refractivity (Wildman–Crippen MR) is 128 cm³/mol. The summed E-state index contributed by atoms with van der Waals surface area (Å²) in [5.41, 5.74) is 3.08. The van der Waals surface area contributed by atoms with Crippen molar-refractivity contribution in [2.45, 2.75) is 43.5 Å². The van der Waals surface area contributed by atoms with Gasteiger partial charge in [-0.25, -0.2) is 9.18 Å². The highest BCUT2D eigenvalue weighted by atomic mass is 35.5. The summed E-state index contributed by atoms with van der Waals surface area (Å²) in [6, 6.07) is 5.83. The summed E-state index contributed by atoms with van der Waals surface area (Å²) in [6.45, 7) is 5.73. The zero-order valence-corrected chi connectivity index (χ0v) is 19.6. The maximum Gasteiger partial charge on any atom is 0.321 e. The molecule has 1 aromatic carbocycles. The van der Waals surface area contributed by atoms with Crippen molar-refractivity contribution >= 4 is 17.6 Å². The minimum absolute atomic E-state index is 0.0911. The van der Waals surface area contributed by atoms with Crippen LogP contribution in [-0.2, 0) is 12.8 Å². The van der Waals surface area contributed by atoms with Crippen molar-refractivity contribution in [3.63, 3.8) is 0 Å². The zero-order chi connectivity index (χ0) is 23.2. The molecule has 4 N–H and O–H groups in total. The number of aryl methyl sites for hydroxylation is 1. The number of nitrogens with one attached hydrogen (secondary N) is 2. The first-order valence-electron chi connectivity index (χ1n) is 11.7. The third-order valence-electron chi connectivity index (χ3n) is 6.71. The lowest BCUT2D eigenvalue weighted by Gasteiger charge is -2.36. The summed E-state index contributed by atoms with van der Waals surface area (Å²) in [7, 11) is 0. The van der Waals surface area contributed by atoms with Gasteiger partial charge in [0.15, 0.2) is 0 Å². The first kappa shape index (κ1) is 24.0. The topological polar surface area (TPSA) is 82.9 Å². The number of alkyl halides is 1. The van der Waals surface area contributed by atoms with Crippen molar-refractivity contribution in [3.05, 3.63) is 53.0 Å². The van der Waals surface area contributed by atoms with Crippen molar-refractivity contribution in [2.75, 3.05) is 39.3 Å². The third-order valence-corrected chi connectivity index (χ3v) is 7.07. The van der Waals surface area contributed by atoms with E-state index >= 15 is 0 Å². The number of rotatable bonds is 7.